The van der Waals surface area contributed by atoms with Crippen molar-refractivity contribution < 1.29 is 14.3 Å². The molecular formula is C18H18N4O3. The number of nitrogens with one attached hydrogen (secondary N) is 2. The van der Waals surface area contributed by atoms with Gasteiger partial charge in [0.25, 0.3) is 11.8 Å². The monoisotopic (exact) mass is 338 g/mol. The summed E-state index contributed by atoms with van der Waals surface area (Å²) in [7, 11) is 3.74. The molecule has 7 nitrogen and oxygen atoms in total. The van der Waals surface area contributed by atoms with E-state index in [9.17, 15) is 9.59 Å². The van der Waals surface area contributed by atoms with Crippen LogP contribution in [-0.2, 0) is 4.79 Å². The minimum absolute atomic E-state index is 0.310. The van der Waals surface area contributed by atoms with Crippen molar-refractivity contribution in [1.82, 2.24) is 10.9 Å². The number of ether oxygens (including phenoxy) is 1. The first-order valence-corrected chi connectivity index (χ1v) is 7.49. The van der Waals surface area contributed by atoms with Gasteiger partial charge in [-0.3, -0.25) is 20.4 Å². The highest BCUT2D eigenvalue weighted by molar-refractivity contribution is 5.96. The lowest BCUT2D eigenvalue weighted by atomic mass is 10.2. The molecule has 2 rings (SSSR count). The second-order valence-corrected chi connectivity index (χ2v) is 5.34. The Hall–Kier alpha value is -3.53. The fraction of sp³-hybridized carbons (Fsp3) is 0.167. The number of carbonyl (C=O) groups excluding carboxylic acids is 2. The summed E-state index contributed by atoms with van der Waals surface area (Å²) in [6.45, 7) is -0.323. The number of nitrogens with zero attached hydrogens (tertiary/aromatic N) is 2. The Morgan fingerprint density at radius 2 is 1.88 bits per heavy atom. The number of amides is 2. The average molecular weight is 338 g/mol. The molecule has 0 saturated heterocycles. The highest BCUT2D eigenvalue weighted by atomic mass is 16.5. The number of hydrazine groups is 1. The Morgan fingerprint density at radius 3 is 2.60 bits per heavy atom. The summed E-state index contributed by atoms with van der Waals surface area (Å²) in [5.41, 5.74) is 6.23. The summed E-state index contributed by atoms with van der Waals surface area (Å²) >= 11 is 0. The maximum Gasteiger partial charge on any atom is 0.276 e. The van der Waals surface area contributed by atoms with Crippen LogP contribution in [0.4, 0.5) is 5.69 Å². The topological polar surface area (TPSA) is 94.5 Å². The predicted molar refractivity (Wildman–Crippen MR) is 93.0 cm³/mol. The molecule has 0 fully saturated rings. The molecular weight excluding hydrogens is 320 g/mol. The molecule has 0 aromatic heterocycles. The van der Waals surface area contributed by atoms with E-state index >= 15 is 0 Å². The highest BCUT2D eigenvalue weighted by Gasteiger charge is 2.10. The van der Waals surface area contributed by atoms with E-state index in [0.29, 0.717) is 16.9 Å². The quantitative estimate of drug-likeness (QED) is 0.805. The molecule has 2 N–H and O–H groups in total. The van der Waals surface area contributed by atoms with Crippen molar-refractivity contribution in [3.63, 3.8) is 0 Å². The van der Waals surface area contributed by atoms with Crippen LogP contribution >= 0.6 is 0 Å². The molecule has 25 heavy (non-hydrogen) atoms. The summed E-state index contributed by atoms with van der Waals surface area (Å²) in [6, 6.07) is 15.5. The number of anilines is 1. The van der Waals surface area contributed by atoms with Gasteiger partial charge in [0.2, 0.25) is 0 Å². The highest BCUT2D eigenvalue weighted by Crippen LogP contribution is 2.16. The second-order valence-electron chi connectivity index (χ2n) is 5.34. The van der Waals surface area contributed by atoms with Crippen molar-refractivity contribution in [3.05, 3.63) is 59.7 Å². The van der Waals surface area contributed by atoms with E-state index < -0.39 is 11.8 Å². The molecule has 2 aromatic rings. The zero-order valence-corrected chi connectivity index (χ0v) is 13.9. The molecule has 0 aliphatic heterocycles. The van der Waals surface area contributed by atoms with Gasteiger partial charge in [-0.25, -0.2) is 0 Å². The Labute approximate surface area is 145 Å². The van der Waals surface area contributed by atoms with Crippen molar-refractivity contribution in [2.24, 2.45) is 0 Å². The molecule has 2 amide bonds. The van der Waals surface area contributed by atoms with E-state index in [1.54, 1.807) is 42.5 Å². The maximum atomic E-state index is 12.1. The van der Waals surface area contributed by atoms with Crippen LogP contribution in [0.15, 0.2) is 48.5 Å². The van der Waals surface area contributed by atoms with Crippen LogP contribution in [0.3, 0.4) is 0 Å². The normalized spacial score (nSPS) is 9.64. The van der Waals surface area contributed by atoms with Crippen LogP contribution in [-0.4, -0.2) is 32.5 Å². The SMILES string of the molecule is CN(C)c1cccc(C(=O)NNC(=O)COc2ccccc2C#N)c1. The largest absolute Gasteiger partial charge is 0.482 e. The third-order valence-corrected chi connectivity index (χ3v) is 3.31. The van der Waals surface area contributed by atoms with E-state index in [4.69, 9.17) is 10.00 Å². The van der Waals surface area contributed by atoms with Crippen LogP contribution in [0.25, 0.3) is 0 Å². The molecule has 0 aliphatic rings. The van der Waals surface area contributed by atoms with Gasteiger partial charge in [0.1, 0.15) is 11.8 Å². The van der Waals surface area contributed by atoms with Gasteiger partial charge < -0.3 is 9.64 Å². The molecule has 0 radical (unpaired) electrons. The number of carbonyl (C=O) groups is 2. The third-order valence-electron chi connectivity index (χ3n) is 3.31. The van der Waals surface area contributed by atoms with Gasteiger partial charge in [-0.15, -0.1) is 0 Å². The number of hydrogen-bond acceptors (Lipinski definition) is 5. The van der Waals surface area contributed by atoms with E-state index in [1.165, 1.54) is 0 Å². The summed E-state index contributed by atoms with van der Waals surface area (Å²) in [4.78, 5) is 25.7. The molecule has 0 bridgehead atoms. The molecule has 0 unspecified atom stereocenters. The van der Waals surface area contributed by atoms with Gasteiger partial charge in [0, 0.05) is 25.3 Å². The minimum atomic E-state index is -0.537. The van der Waals surface area contributed by atoms with E-state index in [2.05, 4.69) is 10.9 Å². The molecule has 0 saturated carbocycles. The second kappa shape index (κ2) is 8.36. The number of rotatable bonds is 5. The van der Waals surface area contributed by atoms with Crippen LogP contribution < -0.4 is 20.5 Å². The Kier molecular flexibility index (Phi) is 5.96. The number of benzene rings is 2. The third kappa shape index (κ3) is 4.97. The van der Waals surface area contributed by atoms with Crippen LogP contribution in [0, 0.1) is 11.3 Å². The molecule has 0 spiro atoms. The van der Waals surface area contributed by atoms with Gasteiger partial charge in [-0.2, -0.15) is 5.26 Å². The van der Waals surface area contributed by atoms with Gasteiger partial charge in [0.15, 0.2) is 6.61 Å². The van der Waals surface area contributed by atoms with E-state index in [-0.39, 0.29) is 6.61 Å². The summed E-state index contributed by atoms with van der Waals surface area (Å²) in [5.74, 6) is -0.663. The first kappa shape index (κ1) is 17.8. The number of para-hydroxylation sites is 1. The van der Waals surface area contributed by atoms with Crippen molar-refractivity contribution in [2.75, 3.05) is 25.6 Å². The van der Waals surface area contributed by atoms with Crippen LogP contribution in [0.1, 0.15) is 15.9 Å². The Bertz CT molecular complexity index is 812. The van der Waals surface area contributed by atoms with Gasteiger partial charge >= 0.3 is 0 Å². The first-order chi connectivity index (χ1) is 12.0. The molecule has 7 heteroatoms. The molecule has 128 valence electrons. The summed E-state index contributed by atoms with van der Waals surface area (Å²) < 4.78 is 5.29. The van der Waals surface area contributed by atoms with E-state index in [0.717, 1.165) is 5.69 Å². The van der Waals surface area contributed by atoms with Crippen molar-refractivity contribution in [2.45, 2.75) is 0 Å². The summed E-state index contributed by atoms with van der Waals surface area (Å²) in [6.07, 6.45) is 0. The fourth-order valence-electron chi connectivity index (χ4n) is 1.99. The fourth-order valence-corrected chi connectivity index (χ4v) is 1.99. The lowest BCUT2D eigenvalue weighted by Gasteiger charge is -2.14. The zero-order valence-electron chi connectivity index (χ0n) is 13.9. The number of nitriles is 1. The van der Waals surface area contributed by atoms with Crippen LogP contribution in [0.5, 0.6) is 5.75 Å². The Balaban J connectivity index is 1.86. The average Bonchev–Trinajstić information content (AvgIpc) is 2.64. The van der Waals surface area contributed by atoms with Crippen molar-refractivity contribution in [3.8, 4) is 11.8 Å². The Morgan fingerprint density at radius 1 is 1.12 bits per heavy atom. The van der Waals surface area contributed by atoms with Gasteiger partial charge in [-0.05, 0) is 30.3 Å². The summed E-state index contributed by atoms with van der Waals surface area (Å²) in [5, 5.41) is 8.96. The number of hydrogen-bond donors (Lipinski definition) is 2. The molecule has 0 aliphatic carbocycles. The minimum Gasteiger partial charge on any atom is -0.482 e. The zero-order chi connectivity index (χ0) is 18.2. The van der Waals surface area contributed by atoms with Gasteiger partial charge in [0.05, 0.1) is 5.56 Å². The molecule has 0 heterocycles. The van der Waals surface area contributed by atoms with Crippen LogP contribution in [0.2, 0.25) is 0 Å². The van der Waals surface area contributed by atoms with E-state index in [1.807, 2.05) is 31.1 Å². The van der Waals surface area contributed by atoms with Crippen molar-refractivity contribution >= 4 is 17.5 Å². The lowest BCUT2D eigenvalue weighted by molar-refractivity contribution is -0.123. The predicted octanol–water partition coefficient (Wildman–Crippen LogP) is 1.46. The first-order valence-electron chi connectivity index (χ1n) is 7.49. The molecule has 2 aromatic carbocycles. The molecule has 0 atom stereocenters. The van der Waals surface area contributed by atoms with Gasteiger partial charge in [-0.1, -0.05) is 18.2 Å². The lowest BCUT2D eigenvalue weighted by Crippen LogP contribution is -2.43. The standard InChI is InChI=1S/C18H18N4O3/c1-22(2)15-8-5-7-13(10-15)18(24)21-20-17(23)12-25-16-9-4-3-6-14(16)11-19/h3-10H,12H2,1-2H3,(H,20,23)(H,21,24). The smallest absolute Gasteiger partial charge is 0.276 e. The maximum absolute atomic E-state index is 12.1. The van der Waals surface area contributed by atoms with Crippen molar-refractivity contribution in [1.29, 1.82) is 5.26 Å².